The molecule has 0 amide bonds. The zero-order valence-corrected chi connectivity index (χ0v) is 11.6. The van der Waals surface area contributed by atoms with Gasteiger partial charge in [0.15, 0.2) is 5.11 Å². The van der Waals surface area contributed by atoms with Crippen LogP contribution < -0.4 is 10.7 Å². The second-order valence-electron chi connectivity index (χ2n) is 4.71. The predicted octanol–water partition coefficient (Wildman–Crippen LogP) is 0.713. The lowest BCUT2D eigenvalue weighted by Gasteiger charge is -2.26. The number of morpholine rings is 1. The van der Waals surface area contributed by atoms with Gasteiger partial charge in [0.05, 0.1) is 13.2 Å². The molecule has 0 bridgehead atoms. The standard InChI is InChI=1S/C12H22N4OS/c18-12(15-14-11-3-1-2-4-11)13-5-6-16-7-9-17-10-8-16/h1-10H2,(H2,13,15,18). The average Bonchev–Trinajstić information content (AvgIpc) is 2.91. The van der Waals surface area contributed by atoms with Crippen LogP contribution in [0.5, 0.6) is 0 Å². The molecule has 2 aliphatic rings. The van der Waals surface area contributed by atoms with Gasteiger partial charge in [-0.25, -0.2) is 0 Å². The minimum atomic E-state index is 0.627. The molecule has 0 radical (unpaired) electrons. The quantitative estimate of drug-likeness (QED) is 0.582. The molecule has 18 heavy (non-hydrogen) atoms. The summed E-state index contributed by atoms with van der Waals surface area (Å²) in [6.45, 7) is 5.58. The topological polar surface area (TPSA) is 48.9 Å². The van der Waals surface area contributed by atoms with Crippen LogP contribution in [0, 0.1) is 0 Å². The van der Waals surface area contributed by atoms with E-state index in [1.54, 1.807) is 0 Å². The highest BCUT2D eigenvalue weighted by Crippen LogP contribution is 2.13. The van der Waals surface area contributed by atoms with E-state index in [0.29, 0.717) is 5.11 Å². The van der Waals surface area contributed by atoms with Gasteiger partial charge in [0.2, 0.25) is 0 Å². The second-order valence-corrected chi connectivity index (χ2v) is 5.12. The minimum Gasteiger partial charge on any atom is -0.379 e. The number of rotatable bonds is 4. The molecule has 0 aromatic heterocycles. The van der Waals surface area contributed by atoms with Crippen LogP contribution in [-0.4, -0.2) is 55.1 Å². The van der Waals surface area contributed by atoms with E-state index in [2.05, 4.69) is 20.7 Å². The van der Waals surface area contributed by atoms with Gasteiger partial charge in [-0.3, -0.25) is 10.3 Å². The van der Waals surface area contributed by atoms with E-state index in [1.807, 2.05) is 0 Å². The van der Waals surface area contributed by atoms with Crippen molar-refractivity contribution in [2.45, 2.75) is 25.7 Å². The van der Waals surface area contributed by atoms with Crippen LogP contribution in [0.1, 0.15) is 25.7 Å². The molecule has 0 spiro atoms. The highest BCUT2D eigenvalue weighted by molar-refractivity contribution is 7.80. The lowest BCUT2D eigenvalue weighted by Crippen LogP contribution is -2.42. The molecule has 0 atom stereocenters. The van der Waals surface area contributed by atoms with Gasteiger partial charge in [0.25, 0.3) is 0 Å². The molecular formula is C12H22N4OS. The van der Waals surface area contributed by atoms with Gasteiger partial charge in [0, 0.05) is 31.9 Å². The van der Waals surface area contributed by atoms with E-state index < -0.39 is 0 Å². The van der Waals surface area contributed by atoms with Crippen molar-refractivity contribution in [2.24, 2.45) is 5.10 Å². The van der Waals surface area contributed by atoms with Crippen molar-refractivity contribution in [2.75, 3.05) is 39.4 Å². The molecule has 6 heteroatoms. The normalized spacial score (nSPS) is 20.8. The van der Waals surface area contributed by atoms with Gasteiger partial charge >= 0.3 is 0 Å². The number of hydrogen-bond acceptors (Lipinski definition) is 4. The first kappa shape index (κ1) is 13.7. The SMILES string of the molecule is S=C(NCCN1CCOCC1)NN=C1CCCC1. The lowest BCUT2D eigenvalue weighted by atomic mass is 10.3. The number of nitrogens with zero attached hydrogens (tertiary/aromatic N) is 2. The Bertz CT molecular complexity index is 294. The molecule has 0 aromatic rings. The van der Waals surface area contributed by atoms with Crippen LogP contribution >= 0.6 is 12.2 Å². The summed E-state index contributed by atoms with van der Waals surface area (Å²) in [5, 5.41) is 8.13. The molecule has 2 fully saturated rings. The van der Waals surface area contributed by atoms with Gasteiger partial charge in [-0.05, 0) is 37.9 Å². The number of nitrogens with one attached hydrogen (secondary N) is 2. The Kier molecular flexibility index (Phi) is 5.83. The Morgan fingerprint density at radius 2 is 2.00 bits per heavy atom. The maximum Gasteiger partial charge on any atom is 0.186 e. The molecule has 1 saturated carbocycles. The molecule has 5 nitrogen and oxygen atoms in total. The van der Waals surface area contributed by atoms with Gasteiger partial charge in [0.1, 0.15) is 0 Å². The fraction of sp³-hybridized carbons (Fsp3) is 0.833. The molecule has 2 rings (SSSR count). The van der Waals surface area contributed by atoms with Crippen molar-refractivity contribution in [1.29, 1.82) is 0 Å². The summed E-state index contributed by atoms with van der Waals surface area (Å²) in [6, 6.07) is 0. The number of ether oxygens (including phenoxy) is 1. The zero-order valence-electron chi connectivity index (χ0n) is 10.8. The molecule has 102 valence electrons. The first-order valence-electron chi connectivity index (χ1n) is 6.74. The Morgan fingerprint density at radius 3 is 2.72 bits per heavy atom. The second kappa shape index (κ2) is 7.66. The van der Waals surface area contributed by atoms with Crippen molar-refractivity contribution in [3.05, 3.63) is 0 Å². The van der Waals surface area contributed by atoms with Crippen molar-refractivity contribution in [3.63, 3.8) is 0 Å². The molecule has 0 unspecified atom stereocenters. The smallest absolute Gasteiger partial charge is 0.186 e. The van der Waals surface area contributed by atoms with Crippen LogP contribution in [0.25, 0.3) is 0 Å². The number of thiocarbonyl (C=S) groups is 1. The van der Waals surface area contributed by atoms with E-state index in [0.717, 1.165) is 52.2 Å². The Hall–Kier alpha value is -0.720. The van der Waals surface area contributed by atoms with E-state index in [9.17, 15) is 0 Å². The van der Waals surface area contributed by atoms with Crippen LogP contribution in [0.4, 0.5) is 0 Å². The third-order valence-corrected chi connectivity index (χ3v) is 3.55. The van der Waals surface area contributed by atoms with Gasteiger partial charge in [-0.2, -0.15) is 5.10 Å². The monoisotopic (exact) mass is 270 g/mol. The summed E-state index contributed by atoms with van der Waals surface area (Å²) in [7, 11) is 0. The summed E-state index contributed by atoms with van der Waals surface area (Å²) in [5.41, 5.74) is 4.17. The predicted molar refractivity (Wildman–Crippen MR) is 76.9 cm³/mol. The summed E-state index contributed by atoms with van der Waals surface area (Å²) >= 11 is 5.18. The van der Waals surface area contributed by atoms with E-state index in [4.69, 9.17) is 17.0 Å². The van der Waals surface area contributed by atoms with Crippen LogP contribution in [0.15, 0.2) is 5.10 Å². The molecule has 2 N–H and O–H groups in total. The molecule has 1 saturated heterocycles. The first-order chi connectivity index (χ1) is 8.84. The van der Waals surface area contributed by atoms with Crippen LogP contribution in [-0.2, 0) is 4.74 Å². The number of hydrogen-bond donors (Lipinski definition) is 2. The van der Waals surface area contributed by atoms with Gasteiger partial charge < -0.3 is 10.1 Å². The van der Waals surface area contributed by atoms with E-state index >= 15 is 0 Å². The average molecular weight is 270 g/mol. The van der Waals surface area contributed by atoms with Crippen molar-refractivity contribution in [1.82, 2.24) is 15.6 Å². The van der Waals surface area contributed by atoms with Crippen LogP contribution in [0.2, 0.25) is 0 Å². The van der Waals surface area contributed by atoms with Crippen molar-refractivity contribution < 1.29 is 4.74 Å². The molecular weight excluding hydrogens is 248 g/mol. The van der Waals surface area contributed by atoms with Gasteiger partial charge in [-0.15, -0.1) is 0 Å². The highest BCUT2D eigenvalue weighted by atomic mass is 32.1. The lowest BCUT2D eigenvalue weighted by molar-refractivity contribution is 0.0389. The zero-order chi connectivity index (χ0) is 12.6. The maximum atomic E-state index is 5.30. The van der Waals surface area contributed by atoms with E-state index in [-0.39, 0.29) is 0 Å². The number of hydrazone groups is 1. The minimum absolute atomic E-state index is 0.627. The molecule has 1 aliphatic heterocycles. The van der Waals surface area contributed by atoms with Crippen molar-refractivity contribution in [3.8, 4) is 0 Å². The summed E-state index contributed by atoms with van der Waals surface area (Å²) in [4.78, 5) is 2.38. The van der Waals surface area contributed by atoms with Crippen molar-refractivity contribution >= 4 is 23.0 Å². The Labute approximate surface area is 114 Å². The largest absolute Gasteiger partial charge is 0.379 e. The molecule has 0 aromatic carbocycles. The molecule has 1 aliphatic carbocycles. The van der Waals surface area contributed by atoms with Crippen LogP contribution in [0.3, 0.4) is 0 Å². The summed E-state index contributed by atoms with van der Waals surface area (Å²) in [5.74, 6) is 0. The first-order valence-corrected chi connectivity index (χ1v) is 7.15. The third kappa shape index (κ3) is 4.88. The molecule has 1 heterocycles. The summed E-state index contributed by atoms with van der Waals surface area (Å²) in [6.07, 6.45) is 4.75. The van der Waals surface area contributed by atoms with E-state index in [1.165, 1.54) is 18.6 Å². The fourth-order valence-corrected chi connectivity index (χ4v) is 2.36. The Balaban J connectivity index is 1.55. The maximum absolute atomic E-state index is 5.30. The van der Waals surface area contributed by atoms with Gasteiger partial charge in [-0.1, -0.05) is 0 Å². The fourth-order valence-electron chi connectivity index (χ4n) is 2.22. The Morgan fingerprint density at radius 1 is 1.28 bits per heavy atom. The highest BCUT2D eigenvalue weighted by Gasteiger charge is 2.10. The summed E-state index contributed by atoms with van der Waals surface area (Å²) < 4.78 is 5.30. The third-order valence-electron chi connectivity index (χ3n) is 3.31.